The molecule has 0 radical (unpaired) electrons. The van der Waals surface area contributed by atoms with Gasteiger partial charge < -0.3 is 10.1 Å². The number of carbonyl (C=O) groups excluding carboxylic acids is 1. The molecule has 1 amide bonds. The van der Waals surface area contributed by atoms with Crippen LogP contribution in [0.3, 0.4) is 0 Å². The molecule has 0 aliphatic heterocycles. The van der Waals surface area contributed by atoms with Gasteiger partial charge in [-0.2, -0.15) is 0 Å². The number of hydrogen-bond acceptors (Lipinski definition) is 6. The molecule has 1 N–H and O–H groups in total. The summed E-state index contributed by atoms with van der Waals surface area (Å²) in [7, 11) is -2.66. The van der Waals surface area contributed by atoms with Gasteiger partial charge in [0.15, 0.2) is 0 Å². The predicted octanol–water partition coefficient (Wildman–Crippen LogP) is 3.68. The second-order valence-electron chi connectivity index (χ2n) is 7.13. The predicted molar refractivity (Wildman–Crippen MR) is 124 cm³/mol. The lowest BCUT2D eigenvalue weighted by Crippen LogP contribution is -2.41. The van der Waals surface area contributed by atoms with Crippen molar-refractivity contribution in [3.05, 3.63) is 94.5 Å². The van der Waals surface area contributed by atoms with Gasteiger partial charge in [-0.1, -0.05) is 42.5 Å². The highest BCUT2D eigenvalue weighted by atomic mass is 32.2. The van der Waals surface area contributed by atoms with E-state index in [4.69, 9.17) is 4.74 Å². The maximum atomic E-state index is 13.4. The summed E-state index contributed by atoms with van der Waals surface area (Å²) in [5.41, 5.74) is 0.442. The van der Waals surface area contributed by atoms with Gasteiger partial charge in [0.25, 0.3) is 15.7 Å². The number of nitrogens with one attached hydrogen (secondary N) is 1. The summed E-state index contributed by atoms with van der Waals surface area (Å²) in [6.45, 7) is 1.18. The molecule has 0 saturated carbocycles. The fraction of sp³-hybridized carbons (Fsp3) is 0.174. The highest BCUT2D eigenvalue weighted by molar-refractivity contribution is 7.92. The number of nitrogens with zero attached hydrogens (tertiary/aromatic N) is 2. The molecule has 0 heterocycles. The van der Waals surface area contributed by atoms with Crippen LogP contribution in [0.4, 0.5) is 11.4 Å². The van der Waals surface area contributed by atoms with Crippen LogP contribution in [0.1, 0.15) is 18.5 Å². The van der Waals surface area contributed by atoms with E-state index in [2.05, 4.69) is 5.32 Å². The van der Waals surface area contributed by atoms with Crippen LogP contribution in [0, 0.1) is 10.1 Å². The number of methoxy groups -OCH3 is 1. The summed E-state index contributed by atoms with van der Waals surface area (Å²) in [4.78, 5) is 23.5. The number of hydrogen-bond donors (Lipinski definition) is 1. The topological polar surface area (TPSA) is 119 Å². The molecule has 0 unspecified atom stereocenters. The third-order valence-electron chi connectivity index (χ3n) is 4.93. The van der Waals surface area contributed by atoms with Gasteiger partial charge in [0, 0.05) is 17.7 Å². The van der Waals surface area contributed by atoms with Gasteiger partial charge in [0.05, 0.1) is 28.7 Å². The number of sulfonamides is 1. The van der Waals surface area contributed by atoms with E-state index >= 15 is 0 Å². The molecule has 0 spiro atoms. The minimum atomic E-state index is -4.18. The molecular formula is C23H23N3O6S. The number of rotatable bonds is 9. The second kappa shape index (κ2) is 10.1. The SMILES string of the molecule is COc1ccccc1[C@@H](C)NC(=O)CN(c1cccc([N+](=O)[O-])c1)S(=O)(=O)c1ccccc1. The summed E-state index contributed by atoms with van der Waals surface area (Å²) in [6, 6.07) is 19.4. The lowest BCUT2D eigenvalue weighted by atomic mass is 10.1. The summed E-state index contributed by atoms with van der Waals surface area (Å²) in [5.74, 6) is -0.00262. The molecule has 0 saturated heterocycles. The zero-order valence-corrected chi connectivity index (χ0v) is 18.9. The zero-order chi connectivity index (χ0) is 24.0. The van der Waals surface area contributed by atoms with Crippen LogP contribution >= 0.6 is 0 Å². The van der Waals surface area contributed by atoms with Crippen LogP contribution in [-0.4, -0.2) is 32.9 Å². The van der Waals surface area contributed by atoms with E-state index in [0.29, 0.717) is 5.75 Å². The third-order valence-corrected chi connectivity index (χ3v) is 6.72. The number of nitro groups is 1. The number of nitro benzene ring substituents is 1. The number of non-ortho nitro benzene ring substituents is 1. The Bertz CT molecular complexity index is 1250. The molecule has 0 aliphatic rings. The molecule has 0 bridgehead atoms. The molecule has 10 heteroatoms. The monoisotopic (exact) mass is 469 g/mol. The van der Waals surface area contributed by atoms with Crippen molar-refractivity contribution in [1.82, 2.24) is 5.32 Å². The normalized spacial score (nSPS) is 11.9. The minimum absolute atomic E-state index is 0.00754. The zero-order valence-electron chi connectivity index (χ0n) is 18.0. The fourth-order valence-electron chi connectivity index (χ4n) is 3.32. The quantitative estimate of drug-likeness (QED) is 0.377. The number of amides is 1. The highest BCUT2D eigenvalue weighted by Crippen LogP contribution is 2.28. The third kappa shape index (κ3) is 5.47. The Hall–Kier alpha value is -3.92. The number of ether oxygens (including phenoxy) is 1. The van der Waals surface area contributed by atoms with Crippen LogP contribution in [0.5, 0.6) is 5.75 Å². The van der Waals surface area contributed by atoms with Crippen molar-refractivity contribution in [1.29, 1.82) is 0 Å². The largest absolute Gasteiger partial charge is 0.496 e. The Balaban J connectivity index is 1.94. The first-order chi connectivity index (χ1) is 15.7. The van der Waals surface area contributed by atoms with Crippen molar-refractivity contribution < 1.29 is 22.9 Å². The van der Waals surface area contributed by atoms with Crippen LogP contribution in [0.25, 0.3) is 0 Å². The second-order valence-corrected chi connectivity index (χ2v) is 9.00. The van der Waals surface area contributed by atoms with Gasteiger partial charge in [-0.15, -0.1) is 0 Å². The summed E-state index contributed by atoms with van der Waals surface area (Å²) < 4.78 is 32.9. The van der Waals surface area contributed by atoms with E-state index in [0.717, 1.165) is 15.9 Å². The van der Waals surface area contributed by atoms with Crippen molar-refractivity contribution in [3.63, 3.8) is 0 Å². The Morgan fingerprint density at radius 1 is 1.06 bits per heavy atom. The van der Waals surface area contributed by atoms with E-state index in [1.807, 2.05) is 0 Å². The number of anilines is 1. The van der Waals surface area contributed by atoms with Gasteiger partial charge in [0.2, 0.25) is 5.91 Å². The molecule has 3 aromatic rings. The van der Waals surface area contributed by atoms with E-state index in [9.17, 15) is 23.3 Å². The van der Waals surface area contributed by atoms with Gasteiger partial charge in [-0.25, -0.2) is 8.42 Å². The summed E-state index contributed by atoms with van der Waals surface area (Å²) in [6.07, 6.45) is 0. The average molecular weight is 470 g/mol. The van der Waals surface area contributed by atoms with Gasteiger partial charge >= 0.3 is 0 Å². The lowest BCUT2D eigenvalue weighted by molar-refractivity contribution is -0.384. The van der Waals surface area contributed by atoms with Gasteiger partial charge in [-0.05, 0) is 31.2 Å². The average Bonchev–Trinajstić information content (AvgIpc) is 2.83. The maximum absolute atomic E-state index is 13.4. The fourth-order valence-corrected chi connectivity index (χ4v) is 4.75. The van der Waals surface area contributed by atoms with Gasteiger partial charge in [0.1, 0.15) is 12.3 Å². The molecule has 33 heavy (non-hydrogen) atoms. The van der Waals surface area contributed by atoms with Crippen molar-refractivity contribution in [2.75, 3.05) is 18.0 Å². The Kier molecular flexibility index (Phi) is 7.29. The van der Waals surface area contributed by atoms with E-state index in [-0.39, 0.29) is 16.3 Å². The van der Waals surface area contributed by atoms with E-state index in [1.54, 1.807) is 49.4 Å². The molecule has 0 aromatic heterocycles. The number of benzene rings is 3. The van der Waals surface area contributed by atoms with Crippen molar-refractivity contribution >= 4 is 27.3 Å². The van der Waals surface area contributed by atoms with Crippen molar-refractivity contribution in [2.24, 2.45) is 0 Å². The lowest BCUT2D eigenvalue weighted by Gasteiger charge is -2.25. The first kappa shape index (κ1) is 23.7. The summed E-state index contributed by atoms with van der Waals surface area (Å²) >= 11 is 0. The molecular weight excluding hydrogens is 446 g/mol. The maximum Gasteiger partial charge on any atom is 0.271 e. The first-order valence-corrected chi connectivity index (χ1v) is 11.4. The molecule has 172 valence electrons. The molecule has 1 atom stereocenters. The van der Waals surface area contributed by atoms with Crippen LogP contribution in [0.15, 0.2) is 83.8 Å². The van der Waals surface area contributed by atoms with Crippen LogP contribution < -0.4 is 14.4 Å². The number of carbonyl (C=O) groups is 1. The Labute approximate surface area is 191 Å². The Morgan fingerprint density at radius 2 is 1.73 bits per heavy atom. The van der Waals surface area contributed by atoms with Crippen LogP contribution in [0.2, 0.25) is 0 Å². The Morgan fingerprint density at radius 3 is 2.39 bits per heavy atom. The number of para-hydroxylation sites is 1. The van der Waals surface area contributed by atoms with E-state index in [1.165, 1.54) is 37.4 Å². The highest BCUT2D eigenvalue weighted by Gasteiger charge is 2.29. The van der Waals surface area contributed by atoms with Crippen molar-refractivity contribution in [2.45, 2.75) is 17.9 Å². The molecule has 3 aromatic carbocycles. The van der Waals surface area contributed by atoms with Crippen molar-refractivity contribution in [3.8, 4) is 5.75 Å². The van der Waals surface area contributed by atoms with Crippen LogP contribution in [-0.2, 0) is 14.8 Å². The first-order valence-electron chi connectivity index (χ1n) is 9.98. The molecule has 0 fully saturated rings. The molecule has 3 rings (SSSR count). The smallest absolute Gasteiger partial charge is 0.271 e. The minimum Gasteiger partial charge on any atom is -0.496 e. The van der Waals surface area contributed by atoms with Gasteiger partial charge in [-0.3, -0.25) is 19.2 Å². The molecule has 0 aliphatic carbocycles. The van der Waals surface area contributed by atoms with E-state index < -0.39 is 33.4 Å². The summed E-state index contributed by atoms with van der Waals surface area (Å²) in [5, 5.41) is 14.0. The molecule has 9 nitrogen and oxygen atoms in total. The standard InChI is InChI=1S/C23H23N3O6S/c1-17(21-13-6-7-14-22(21)32-2)24-23(27)16-25(18-9-8-10-19(15-18)26(28)29)33(30,31)20-11-4-3-5-12-20/h3-15,17H,16H2,1-2H3,(H,24,27)/t17-/m1/s1.